The molecule has 1 saturated heterocycles. The standard InChI is InChI=1S/C45H54N6O10/c1-2-3-23-34(39(53)43(57)47-25-36(52)49-37(40(46)54)29-17-9-5-10-18-29)48-42(56)35-24-31(61-27-28-15-7-4-8-16-28)26-51(35)44(58)38(30-19-11-6-12-20-30)50-41(55)32-21-13-14-22-33(32)45(59)60/h4-5,7-10,13-18,21-22,30-31,34-35,37-38H,2-3,6,11-12,19-20,23-27H2,1H3,(H2,46,54)(H,47,57)(H,48,56)(H,49,52)(H,50,55)(H,59,60). The molecule has 0 spiro atoms. The highest BCUT2D eigenvalue weighted by Gasteiger charge is 2.45. The molecule has 3 aromatic carbocycles. The minimum Gasteiger partial charge on any atom is -0.478 e. The molecule has 5 rings (SSSR count). The fourth-order valence-electron chi connectivity index (χ4n) is 7.84. The number of aromatic carboxylic acids is 1. The number of nitrogens with two attached hydrogens (primary N) is 1. The average molecular weight is 839 g/mol. The Hall–Kier alpha value is -6.42. The number of benzene rings is 3. The molecular weight excluding hydrogens is 785 g/mol. The van der Waals surface area contributed by atoms with Crippen molar-refractivity contribution in [1.29, 1.82) is 0 Å². The van der Waals surface area contributed by atoms with Crippen molar-refractivity contribution in [1.82, 2.24) is 26.2 Å². The number of carboxylic acid groups (broad SMARTS) is 1. The number of ether oxygens (including phenoxy) is 1. The van der Waals surface area contributed by atoms with Gasteiger partial charge in [0.15, 0.2) is 0 Å². The van der Waals surface area contributed by atoms with E-state index >= 15 is 0 Å². The SMILES string of the molecule is CCCCC(NC(=O)C1CC(OCc2ccccc2)CN1C(=O)C(NC(=O)c1ccccc1C(=O)O)C1CCCCC1)C(=O)C(=O)NCC(=O)NC(C(N)=O)c1ccccc1. The van der Waals surface area contributed by atoms with E-state index < -0.39 is 84.0 Å². The average Bonchev–Trinajstić information content (AvgIpc) is 3.72. The normalized spacial score (nSPS) is 17.9. The van der Waals surface area contributed by atoms with E-state index in [1.807, 2.05) is 37.3 Å². The predicted molar refractivity (Wildman–Crippen MR) is 222 cm³/mol. The van der Waals surface area contributed by atoms with Crippen molar-refractivity contribution in [2.75, 3.05) is 13.1 Å². The molecule has 5 atom stereocenters. The number of primary amides is 1. The summed E-state index contributed by atoms with van der Waals surface area (Å²) in [6.07, 6.45) is 4.38. The highest BCUT2D eigenvalue weighted by molar-refractivity contribution is 6.38. The Labute approximate surface area is 354 Å². The lowest BCUT2D eigenvalue weighted by Gasteiger charge is -2.35. The molecule has 3 aromatic rings. The van der Waals surface area contributed by atoms with E-state index in [1.165, 1.54) is 29.2 Å². The van der Waals surface area contributed by atoms with Crippen LogP contribution < -0.4 is 27.0 Å². The second-order valence-electron chi connectivity index (χ2n) is 15.4. The topological polar surface area (TPSA) is 243 Å². The van der Waals surface area contributed by atoms with Gasteiger partial charge in [0, 0.05) is 13.0 Å². The quantitative estimate of drug-likeness (QED) is 0.0909. The van der Waals surface area contributed by atoms with Crippen LogP contribution >= 0.6 is 0 Å². The van der Waals surface area contributed by atoms with Gasteiger partial charge >= 0.3 is 5.97 Å². The summed E-state index contributed by atoms with van der Waals surface area (Å²) >= 11 is 0. The Bertz CT molecular complexity index is 2040. The lowest BCUT2D eigenvalue weighted by Crippen LogP contribution is -2.58. The van der Waals surface area contributed by atoms with E-state index in [1.54, 1.807) is 30.3 Å². The molecule has 61 heavy (non-hydrogen) atoms. The molecule has 0 radical (unpaired) electrons. The summed E-state index contributed by atoms with van der Waals surface area (Å²) in [7, 11) is 0. The number of likely N-dealkylation sites (tertiary alicyclic amines) is 1. The van der Waals surface area contributed by atoms with Crippen molar-refractivity contribution in [2.24, 2.45) is 11.7 Å². The Balaban J connectivity index is 1.34. The molecule has 1 saturated carbocycles. The lowest BCUT2D eigenvalue weighted by molar-refractivity contribution is -0.143. The summed E-state index contributed by atoms with van der Waals surface area (Å²) in [5.74, 6) is -7.37. The van der Waals surface area contributed by atoms with Crippen LogP contribution in [0.15, 0.2) is 84.9 Å². The first kappa shape index (κ1) is 45.7. The number of nitrogens with one attached hydrogen (secondary N) is 4. The molecule has 1 heterocycles. The number of ketones is 1. The molecule has 0 bridgehead atoms. The molecule has 1 aliphatic heterocycles. The van der Waals surface area contributed by atoms with E-state index in [4.69, 9.17) is 10.5 Å². The Kier molecular flexibility index (Phi) is 16.7. The zero-order valence-electron chi connectivity index (χ0n) is 34.2. The molecule has 5 unspecified atom stereocenters. The molecule has 7 N–H and O–H groups in total. The maximum atomic E-state index is 14.8. The number of carbonyl (C=O) groups excluding carboxylic acids is 7. The third kappa shape index (κ3) is 12.5. The molecular formula is C45H54N6O10. The Morgan fingerprint density at radius 1 is 0.820 bits per heavy atom. The molecule has 324 valence electrons. The van der Waals surface area contributed by atoms with Gasteiger partial charge in [0.05, 0.1) is 36.4 Å². The highest BCUT2D eigenvalue weighted by Crippen LogP contribution is 2.31. The van der Waals surface area contributed by atoms with E-state index in [2.05, 4.69) is 21.3 Å². The zero-order valence-corrected chi connectivity index (χ0v) is 34.2. The lowest BCUT2D eigenvalue weighted by atomic mass is 9.83. The van der Waals surface area contributed by atoms with Crippen molar-refractivity contribution in [3.8, 4) is 0 Å². The van der Waals surface area contributed by atoms with Crippen LogP contribution in [0.1, 0.15) is 103 Å². The van der Waals surface area contributed by atoms with Crippen LogP contribution in [0.2, 0.25) is 0 Å². The number of Topliss-reactive ketones (excluding diaryl/α,β-unsaturated/α-hetero) is 1. The summed E-state index contributed by atoms with van der Waals surface area (Å²) in [4.78, 5) is 108. The van der Waals surface area contributed by atoms with Gasteiger partial charge in [-0.05, 0) is 48.4 Å². The first-order valence-corrected chi connectivity index (χ1v) is 20.7. The monoisotopic (exact) mass is 838 g/mol. The van der Waals surface area contributed by atoms with E-state index in [0.29, 0.717) is 31.2 Å². The molecule has 2 aliphatic rings. The molecule has 1 aliphatic carbocycles. The maximum absolute atomic E-state index is 14.8. The maximum Gasteiger partial charge on any atom is 0.336 e. The Morgan fingerprint density at radius 3 is 2.10 bits per heavy atom. The van der Waals surface area contributed by atoms with Crippen molar-refractivity contribution < 1.29 is 48.2 Å². The van der Waals surface area contributed by atoms with Gasteiger partial charge in [0.25, 0.3) is 11.8 Å². The molecule has 0 aromatic heterocycles. The number of amides is 6. The van der Waals surface area contributed by atoms with E-state index in [-0.39, 0.29) is 43.0 Å². The van der Waals surface area contributed by atoms with Gasteiger partial charge in [0.2, 0.25) is 29.4 Å². The van der Waals surface area contributed by atoms with Crippen molar-refractivity contribution in [3.63, 3.8) is 0 Å². The number of carboxylic acids is 1. The highest BCUT2D eigenvalue weighted by atomic mass is 16.5. The number of nitrogens with zero attached hydrogens (tertiary/aromatic N) is 1. The number of hydrogen-bond donors (Lipinski definition) is 6. The van der Waals surface area contributed by atoms with E-state index in [9.17, 15) is 43.5 Å². The summed E-state index contributed by atoms with van der Waals surface area (Å²) in [5, 5.41) is 20.0. The van der Waals surface area contributed by atoms with Crippen LogP contribution in [0.25, 0.3) is 0 Å². The van der Waals surface area contributed by atoms with Crippen LogP contribution in [0.3, 0.4) is 0 Å². The third-order valence-electron chi connectivity index (χ3n) is 11.1. The van der Waals surface area contributed by atoms with Gasteiger partial charge < -0.3 is 41.7 Å². The van der Waals surface area contributed by atoms with Gasteiger partial charge in [-0.1, -0.05) is 112 Å². The second-order valence-corrected chi connectivity index (χ2v) is 15.4. The summed E-state index contributed by atoms with van der Waals surface area (Å²) in [6.45, 7) is 1.38. The minimum atomic E-state index is -1.32. The molecule has 6 amide bonds. The van der Waals surface area contributed by atoms with Gasteiger partial charge in [-0.3, -0.25) is 33.6 Å². The molecule has 16 nitrogen and oxygen atoms in total. The van der Waals surface area contributed by atoms with Crippen molar-refractivity contribution in [3.05, 3.63) is 107 Å². The molecule has 16 heteroatoms. The van der Waals surface area contributed by atoms with Crippen molar-refractivity contribution in [2.45, 2.75) is 102 Å². The van der Waals surface area contributed by atoms with Crippen LogP contribution in [0.5, 0.6) is 0 Å². The number of hydrogen-bond acceptors (Lipinski definition) is 9. The second kappa shape index (κ2) is 22.3. The van der Waals surface area contributed by atoms with Gasteiger partial charge in [-0.2, -0.15) is 0 Å². The zero-order chi connectivity index (χ0) is 43.9. The number of rotatable bonds is 20. The summed E-state index contributed by atoms with van der Waals surface area (Å²) in [6, 6.07) is 18.5. The van der Waals surface area contributed by atoms with Crippen molar-refractivity contribution >= 4 is 47.2 Å². The van der Waals surface area contributed by atoms with Gasteiger partial charge in [0.1, 0.15) is 18.1 Å². The van der Waals surface area contributed by atoms with E-state index in [0.717, 1.165) is 24.8 Å². The van der Waals surface area contributed by atoms with Gasteiger partial charge in [-0.25, -0.2) is 4.79 Å². The minimum absolute atomic E-state index is 0.0208. The first-order valence-electron chi connectivity index (χ1n) is 20.7. The van der Waals surface area contributed by atoms with Gasteiger partial charge in [-0.15, -0.1) is 0 Å². The predicted octanol–water partition coefficient (Wildman–Crippen LogP) is 2.95. The fraction of sp³-hybridized carbons (Fsp3) is 0.422. The summed E-state index contributed by atoms with van der Waals surface area (Å²) in [5.41, 5.74) is 6.45. The third-order valence-corrected chi connectivity index (χ3v) is 11.1. The fourth-order valence-corrected chi connectivity index (χ4v) is 7.84. The smallest absolute Gasteiger partial charge is 0.336 e. The molecule has 2 fully saturated rings. The van der Waals surface area contributed by atoms with Crippen LogP contribution in [-0.4, -0.2) is 94.5 Å². The number of carbonyl (C=O) groups is 8. The van der Waals surface area contributed by atoms with Crippen LogP contribution in [0.4, 0.5) is 0 Å². The Morgan fingerprint density at radius 2 is 1.46 bits per heavy atom. The number of unbranched alkanes of at least 4 members (excludes halogenated alkanes) is 1. The summed E-state index contributed by atoms with van der Waals surface area (Å²) < 4.78 is 6.22. The largest absolute Gasteiger partial charge is 0.478 e. The first-order chi connectivity index (χ1) is 29.4. The van der Waals surface area contributed by atoms with Crippen LogP contribution in [-0.2, 0) is 40.1 Å². The van der Waals surface area contributed by atoms with Crippen LogP contribution in [0, 0.1) is 5.92 Å².